The fourth-order valence-electron chi connectivity index (χ4n) is 4.06. The van der Waals surface area contributed by atoms with E-state index in [4.69, 9.17) is 4.74 Å². The van der Waals surface area contributed by atoms with Crippen LogP contribution >= 0.6 is 0 Å². The molecule has 0 bridgehead atoms. The minimum atomic E-state index is -0.511. The summed E-state index contributed by atoms with van der Waals surface area (Å²) in [6, 6.07) is 20.7. The molecule has 1 N–H and O–H groups in total. The molecule has 3 amide bonds. The lowest BCUT2D eigenvalue weighted by Gasteiger charge is -2.40. The Hall–Kier alpha value is -3.80. The van der Waals surface area contributed by atoms with E-state index in [1.165, 1.54) is 4.90 Å². The molecule has 0 aliphatic carbocycles. The van der Waals surface area contributed by atoms with Gasteiger partial charge >= 0.3 is 6.03 Å². The second kappa shape index (κ2) is 8.14. The van der Waals surface area contributed by atoms with Gasteiger partial charge in [-0.2, -0.15) is 0 Å². The van der Waals surface area contributed by atoms with Crippen molar-refractivity contribution in [1.29, 1.82) is 0 Å². The first kappa shape index (κ1) is 20.5. The van der Waals surface area contributed by atoms with Gasteiger partial charge in [-0.25, -0.2) is 4.79 Å². The van der Waals surface area contributed by atoms with E-state index < -0.39 is 6.04 Å². The topological polar surface area (TPSA) is 61.9 Å². The SMILES string of the molecule is COc1ccccc1NC(=O)C1=C(C)N(C)C(=O)N(C)[C@@H]1c1ccc2ccccc2c1. The predicted octanol–water partition coefficient (Wildman–Crippen LogP) is 4.80. The van der Waals surface area contributed by atoms with Crippen LogP contribution in [0, 0.1) is 0 Å². The summed E-state index contributed by atoms with van der Waals surface area (Å²) in [6.07, 6.45) is 0. The number of amides is 3. The summed E-state index contributed by atoms with van der Waals surface area (Å²) in [5, 5.41) is 5.13. The van der Waals surface area contributed by atoms with Gasteiger partial charge in [-0.1, -0.05) is 48.5 Å². The Morgan fingerprint density at radius 2 is 1.65 bits per heavy atom. The number of likely N-dealkylation sites (N-methyl/N-ethyl adjacent to an activating group) is 1. The van der Waals surface area contributed by atoms with E-state index >= 15 is 0 Å². The summed E-state index contributed by atoms with van der Waals surface area (Å²) in [6.45, 7) is 1.80. The minimum Gasteiger partial charge on any atom is -0.495 e. The number of methoxy groups -OCH3 is 1. The lowest BCUT2D eigenvalue weighted by atomic mass is 9.91. The number of nitrogens with zero attached hydrogens (tertiary/aromatic N) is 2. The molecule has 0 unspecified atom stereocenters. The van der Waals surface area contributed by atoms with Crippen molar-refractivity contribution in [2.45, 2.75) is 13.0 Å². The number of hydrogen-bond donors (Lipinski definition) is 1. The molecule has 1 aliphatic heterocycles. The summed E-state index contributed by atoms with van der Waals surface area (Å²) < 4.78 is 5.37. The van der Waals surface area contributed by atoms with Gasteiger partial charge in [-0.3, -0.25) is 4.79 Å². The maximum Gasteiger partial charge on any atom is 0.324 e. The highest BCUT2D eigenvalue weighted by molar-refractivity contribution is 6.07. The average molecular weight is 415 g/mol. The van der Waals surface area contributed by atoms with Gasteiger partial charge in [0.2, 0.25) is 0 Å². The highest BCUT2D eigenvalue weighted by Gasteiger charge is 2.38. The van der Waals surface area contributed by atoms with Gasteiger partial charge in [0.15, 0.2) is 0 Å². The molecule has 0 spiro atoms. The quantitative estimate of drug-likeness (QED) is 0.666. The lowest BCUT2D eigenvalue weighted by molar-refractivity contribution is -0.113. The number of nitrogens with one attached hydrogen (secondary N) is 1. The first-order valence-electron chi connectivity index (χ1n) is 10.1. The number of benzene rings is 3. The molecule has 0 saturated carbocycles. The third-order valence-electron chi connectivity index (χ3n) is 5.83. The molecule has 1 atom stereocenters. The Kier molecular flexibility index (Phi) is 5.38. The van der Waals surface area contributed by atoms with Crippen LogP contribution in [0.25, 0.3) is 10.8 Å². The van der Waals surface area contributed by atoms with Crippen LogP contribution in [-0.4, -0.2) is 42.9 Å². The summed E-state index contributed by atoms with van der Waals surface area (Å²) in [5.41, 5.74) is 2.60. The Bertz CT molecular complexity index is 1200. The third kappa shape index (κ3) is 3.61. The van der Waals surface area contributed by atoms with Crippen molar-refractivity contribution in [2.24, 2.45) is 0 Å². The standard InChI is InChI=1S/C25H25N3O3/c1-16-22(24(29)26-20-11-7-8-12-21(20)31-4)23(28(3)25(30)27(16)2)19-14-13-17-9-5-6-10-18(17)15-19/h5-15,23H,1-4H3,(H,26,29)/t23-/m1/s1. The fraction of sp³-hybridized carbons (Fsp3) is 0.200. The minimum absolute atomic E-state index is 0.162. The second-order valence-electron chi connectivity index (χ2n) is 7.62. The smallest absolute Gasteiger partial charge is 0.324 e. The van der Waals surface area contributed by atoms with Gasteiger partial charge in [0.05, 0.1) is 24.4 Å². The maximum absolute atomic E-state index is 13.5. The summed E-state index contributed by atoms with van der Waals surface area (Å²) in [4.78, 5) is 29.5. The van der Waals surface area contributed by atoms with Gasteiger partial charge < -0.3 is 19.9 Å². The third-order valence-corrected chi connectivity index (χ3v) is 5.83. The highest BCUT2D eigenvalue weighted by Crippen LogP contribution is 2.37. The Labute approximate surface area is 181 Å². The van der Waals surface area contributed by atoms with Crippen LogP contribution in [0.1, 0.15) is 18.5 Å². The zero-order valence-electron chi connectivity index (χ0n) is 18.0. The number of anilines is 1. The molecule has 31 heavy (non-hydrogen) atoms. The monoisotopic (exact) mass is 415 g/mol. The molecular weight excluding hydrogens is 390 g/mol. The molecule has 3 aromatic carbocycles. The normalized spacial score (nSPS) is 16.6. The van der Waals surface area contributed by atoms with Crippen molar-refractivity contribution in [2.75, 3.05) is 26.5 Å². The summed E-state index contributed by atoms with van der Waals surface area (Å²) in [7, 11) is 4.97. The van der Waals surface area contributed by atoms with Crippen LogP contribution < -0.4 is 10.1 Å². The molecular formula is C25H25N3O3. The molecule has 1 aliphatic rings. The van der Waals surface area contributed by atoms with Crippen LogP contribution in [0.4, 0.5) is 10.5 Å². The van der Waals surface area contributed by atoms with Crippen LogP contribution in [0.5, 0.6) is 5.75 Å². The molecule has 0 radical (unpaired) electrons. The van der Waals surface area contributed by atoms with Crippen LogP contribution in [0.15, 0.2) is 78.0 Å². The molecule has 0 aromatic heterocycles. The van der Waals surface area contributed by atoms with E-state index in [-0.39, 0.29) is 11.9 Å². The van der Waals surface area contributed by atoms with Crippen LogP contribution in [0.3, 0.4) is 0 Å². The number of carbonyl (C=O) groups is 2. The van der Waals surface area contributed by atoms with Crippen molar-refractivity contribution in [3.63, 3.8) is 0 Å². The Balaban J connectivity index is 1.81. The first-order chi connectivity index (χ1) is 14.9. The van der Waals surface area contributed by atoms with Gasteiger partial charge in [-0.15, -0.1) is 0 Å². The van der Waals surface area contributed by atoms with E-state index in [0.717, 1.165) is 16.3 Å². The summed E-state index contributed by atoms with van der Waals surface area (Å²) in [5.74, 6) is 0.302. The number of fused-ring (bicyclic) bond motifs is 1. The molecule has 6 nitrogen and oxygen atoms in total. The van der Waals surface area contributed by atoms with Crippen molar-refractivity contribution in [3.05, 3.63) is 83.6 Å². The molecule has 1 heterocycles. The fourth-order valence-corrected chi connectivity index (χ4v) is 4.06. The number of carbonyl (C=O) groups excluding carboxylic acids is 2. The number of para-hydroxylation sites is 2. The molecule has 4 rings (SSSR count). The Morgan fingerprint density at radius 3 is 2.39 bits per heavy atom. The number of allylic oxidation sites excluding steroid dienone is 1. The highest BCUT2D eigenvalue weighted by atomic mass is 16.5. The van der Waals surface area contributed by atoms with Gasteiger partial charge in [-0.05, 0) is 41.5 Å². The molecule has 158 valence electrons. The van der Waals surface area contributed by atoms with E-state index in [1.807, 2.05) is 54.6 Å². The largest absolute Gasteiger partial charge is 0.495 e. The molecule has 0 fully saturated rings. The number of rotatable bonds is 4. The van der Waals surface area contributed by atoms with Crippen molar-refractivity contribution in [3.8, 4) is 5.75 Å². The van der Waals surface area contributed by atoms with E-state index in [0.29, 0.717) is 22.7 Å². The van der Waals surface area contributed by atoms with Gasteiger partial charge in [0, 0.05) is 19.8 Å². The number of hydrogen-bond acceptors (Lipinski definition) is 3. The average Bonchev–Trinajstić information content (AvgIpc) is 2.79. The first-order valence-corrected chi connectivity index (χ1v) is 10.1. The second-order valence-corrected chi connectivity index (χ2v) is 7.62. The molecule has 6 heteroatoms. The van der Waals surface area contributed by atoms with Crippen molar-refractivity contribution < 1.29 is 14.3 Å². The van der Waals surface area contributed by atoms with Gasteiger partial charge in [0.1, 0.15) is 5.75 Å². The van der Waals surface area contributed by atoms with Crippen LogP contribution in [0.2, 0.25) is 0 Å². The number of urea groups is 1. The summed E-state index contributed by atoms with van der Waals surface area (Å²) >= 11 is 0. The Morgan fingerprint density at radius 1 is 0.968 bits per heavy atom. The van der Waals surface area contributed by atoms with Gasteiger partial charge in [0.25, 0.3) is 5.91 Å². The zero-order valence-corrected chi connectivity index (χ0v) is 18.0. The van der Waals surface area contributed by atoms with Crippen LogP contribution in [-0.2, 0) is 4.79 Å². The molecule has 3 aromatic rings. The van der Waals surface area contributed by atoms with Crippen molar-refractivity contribution >= 4 is 28.4 Å². The lowest BCUT2D eigenvalue weighted by Crippen LogP contribution is -2.47. The van der Waals surface area contributed by atoms with E-state index in [1.54, 1.807) is 45.2 Å². The molecule has 0 saturated heterocycles. The predicted molar refractivity (Wildman–Crippen MR) is 122 cm³/mol. The van der Waals surface area contributed by atoms with Crippen molar-refractivity contribution in [1.82, 2.24) is 9.80 Å². The maximum atomic E-state index is 13.5. The van der Waals surface area contributed by atoms with E-state index in [2.05, 4.69) is 5.32 Å². The number of ether oxygens (including phenoxy) is 1. The zero-order chi connectivity index (χ0) is 22.1. The van der Waals surface area contributed by atoms with E-state index in [9.17, 15) is 9.59 Å².